The molecule has 0 fully saturated rings. The fourth-order valence-electron chi connectivity index (χ4n) is 1.55. The lowest BCUT2D eigenvalue weighted by Crippen LogP contribution is -2.08. The summed E-state index contributed by atoms with van der Waals surface area (Å²) >= 11 is 0. The third kappa shape index (κ3) is 6.58. The number of hydrogen-bond acceptors (Lipinski definition) is 5. The number of aliphatic hydroxyl groups is 2. The van der Waals surface area contributed by atoms with Crippen LogP contribution in [0.15, 0.2) is 12.4 Å². The molecule has 1 aromatic heterocycles. The molecule has 0 spiro atoms. The van der Waals surface area contributed by atoms with Crippen LogP contribution < -0.4 is 5.32 Å². The van der Waals surface area contributed by atoms with Crippen LogP contribution in [0.1, 0.15) is 19.3 Å². The molecular formula is C12H23N3O3. The lowest BCUT2D eigenvalue weighted by molar-refractivity contribution is 0.0854. The maximum absolute atomic E-state index is 8.65. The van der Waals surface area contributed by atoms with Gasteiger partial charge in [0.2, 0.25) is 0 Å². The van der Waals surface area contributed by atoms with Gasteiger partial charge in [-0.05, 0) is 19.3 Å². The van der Waals surface area contributed by atoms with Gasteiger partial charge in [0.1, 0.15) is 0 Å². The minimum Gasteiger partial charge on any atom is -0.396 e. The average molecular weight is 257 g/mol. The van der Waals surface area contributed by atoms with Gasteiger partial charge in [0.05, 0.1) is 38.2 Å². The Morgan fingerprint density at radius 1 is 1.17 bits per heavy atom. The first-order valence-corrected chi connectivity index (χ1v) is 6.42. The molecule has 18 heavy (non-hydrogen) atoms. The Morgan fingerprint density at radius 3 is 2.83 bits per heavy atom. The molecule has 1 rings (SSSR count). The summed E-state index contributed by atoms with van der Waals surface area (Å²) in [7, 11) is 0. The molecule has 0 aliphatic heterocycles. The van der Waals surface area contributed by atoms with Crippen molar-refractivity contribution in [3.63, 3.8) is 0 Å². The average Bonchev–Trinajstić information content (AvgIpc) is 2.82. The fourth-order valence-corrected chi connectivity index (χ4v) is 1.55. The second-order valence-corrected chi connectivity index (χ2v) is 4.04. The van der Waals surface area contributed by atoms with E-state index in [0.29, 0.717) is 19.8 Å². The largest absolute Gasteiger partial charge is 0.396 e. The van der Waals surface area contributed by atoms with Gasteiger partial charge in [0, 0.05) is 19.3 Å². The number of ether oxygens (including phenoxy) is 1. The summed E-state index contributed by atoms with van der Waals surface area (Å²) in [5.74, 6) is 0. The van der Waals surface area contributed by atoms with Crippen molar-refractivity contribution in [2.24, 2.45) is 0 Å². The SMILES string of the molecule is OCCCCCNc1cnn(CCOCCO)c1. The zero-order chi connectivity index (χ0) is 13.1. The highest BCUT2D eigenvalue weighted by Gasteiger charge is 1.98. The van der Waals surface area contributed by atoms with Crippen LogP contribution in [-0.4, -0.2) is 53.0 Å². The van der Waals surface area contributed by atoms with E-state index in [9.17, 15) is 0 Å². The predicted molar refractivity (Wildman–Crippen MR) is 69.6 cm³/mol. The van der Waals surface area contributed by atoms with Crippen molar-refractivity contribution >= 4 is 5.69 Å². The first-order chi connectivity index (χ1) is 8.86. The van der Waals surface area contributed by atoms with E-state index in [1.807, 2.05) is 10.9 Å². The summed E-state index contributed by atoms with van der Waals surface area (Å²) in [6.07, 6.45) is 6.67. The second-order valence-electron chi connectivity index (χ2n) is 4.04. The lowest BCUT2D eigenvalue weighted by atomic mass is 10.2. The molecule has 6 nitrogen and oxygen atoms in total. The molecule has 1 aromatic rings. The molecule has 3 N–H and O–H groups in total. The Labute approximate surface area is 108 Å². The molecule has 0 saturated heterocycles. The smallest absolute Gasteiger partial charge is 0.0726 e. The number of rotatable bonds is 11. The van der Waals surface area contributed by atoms with Gasteiger partial charge in [-0.1, -0.05) is 0 Å². The topological polar surface area (TPSA) is 79.5 Å². The third-order valence-corrected chi connectivity index (χ3v) is 2.50. The molecule has 0 bridgehead atoms. The summed E-state index contributed by atoms with van der Waals surface area (Å²) in [4.78, 5) is 0. The minimum atomic E-state index is 0.0553. The Bertz CT molecular complexity index is 305. The molecule has 0 radical (unpaired) electrons. The van der Waals surface area contributed by atoms with Gasteiger partial charge in [0.25, 0.3) is 0 Å². The molecule has 0 aromatic carbocycles. The summed E-state index contributed by atoms with van der Waals surface area (Å²) in [5, 5.41) is 24.7. The molecule has 1 heterocycles. The summed E-state index contributed by atoms with van der Waals surface area (Å²) in [6.45, 7) is 2.83. The Balaban J connectivity index is 2.10. The molecule has 0 aliphatic carbocycles. The van der Waals surface area contributed by atoms with Crippen LogP contribution >= 0.6 is 0 Å². The zero-order valence-electron chi connectivity index (χ0n) is 10.7. The van der Waals surface area contributed by atoms with Crippen LogP contribution in [0.2, 0.25) is 0 Å². The summed E-state index contributed by atoms with van der Waals surface area (Å²) in [5.41, 5.74) is 1.00. The standard InChI is InChI=1S/C12H23N3O3/c16-6-3-1-2-4-13-12-10-14-15(11-12)5-8-18-9-7-17/h10-11,13,16-17H,1-9H2. The van der Waals surface area contributed by atoms with E-state index in [4.69, 9.17) is 14.9 Å². The maximum atomic E-state index is 8.65. The third-order valence-electron chi connectivity index (χ3n) is 2.50. The Kier molecular flexibility index (Phi) is 8.20. The molecule has 0 aliphatic rings. The number of aromatic nitrogens is 2. The van der Waals surface area contributed by atoms with E-state index in [-0.39, 0.29) is 13.2 Å². The van der Waals surface area contributed by atoms with Crippen LogP contribution in [0.3, 0.4) is 0 Å². The van der Waals surface area contributed by atoms with Crippen molar-refractivity contribution in [1.82, 2.24) is 9.78 Å². The summed E-state index contributed by atoms with van der Waals surface area (Å²) < 4.78 is 6.98. The van der Waals surface area contributed by atoms with Gasteiger partial charge in [0.15, 0.2) is 0 Å². The van der Waals surface area contributed by atoms with E-state index in [0.717, 1.165) is 31.5 Å². The van der Waals surface area contributed by atoms with Crippen molar-refractivity contribution in [3.8, 4) is 0 Å². The van der Waals surface area contributed by atoms with Crippen molar-refractivity contribution in [2.45, 2.75) is 25.8 Å². The normalized spacial score (nSPS) is 10.8. The van der Waals surface area contributed by atoms with Gasteiger partial charge in [-0.3, -0.25) is 4.68 Å². The fraction of sp³-hybridized carbons (Fsp3) is 0.750. The number of anilines is 1. The van der Waals surface area contributed by atoms with Gasteiger partial charge in [-0.15, -0.1) is 0 Å². The minimum absolute atomic E-state index is 0.0553. The van der Waals surface area contributed by atoms with Crippen molar-refractivity contribution in [3.05, 3.63) is 12.4 Å². The molecule has 0 unspecified atom stereocenters. The second kappa shape index (κ2) is 9.87. The van der Waals surface area contributed by atoms with Gasteiger partial charge in [-0.2, -0.15) is 5.10 Å². The highest BCUT2D eigenvalue weighted by atomic mass is 16.5. The molecule has 0 saturated carbocycles. The van der Waals surface area contributed by atoms with Crippen molar-refractivity contribution in [2.75, 3.05) is 38.3 Å². The zero-order valence-corrected chi connectivity index (χ0v) is 10.7. The predicted octanol–water partition coefficient (Wildman–Crippen LogP) is 0.466. The van der Waals surface area contributed by atoms with E-state index < -0.39 is 0 Å². The van der Waals surface area contributed by atoms with Gasteiger partial charge in [-0.25, -0.2) is 0 Å². The Morgan fingerprint density at radius 2 is 2.06 bits per heavy atom. The van der Waals surface area contributed by atoms with E-state index in [1.165, 1.54) is 0 Å². The van der Waals surface area contributed by atoms with Gasteiger partial charge >= 0.3 is 0 Å². The molecule has 6 heteroatoms. The first kappa shape index (κ1) is 14.9. The first-order valence-electron chi connectivity index (χ1n) is 6.42. The maximum Gasteiger partial charge on any atom is 0.0726 e. The molecule has 104 valence electrons. The highest BCUT2D eigenvalue weighted by Crippen LogP contribution is 2.05. The molecule has 0 amide bonds. The Hall–Kier alpha value is -1.11. The van der Waals surface area contributed by atoms with Crippen LogP contribution in [0, 0.1) is 0 Å². The highest BCUT2D eigenvalue weighted by molar-refractivity contribution is 5.37. The van der Waals surface area contributed by atoms with Crippen molar-refractivity contribution in [1.29, 1.82) is 0 Å². The van der Waals surface area contributed by atoms with Crippen LogP contribution in [0.5, 0.6) is 0 Å². The van der Waals surface area contributed by atoms with E-state index in [1.54, 1.807) is 6.20 Å². The number of nitrogens with one attached hydrogen (secondary N) is 1. The summed E-state index contributed by atoms with van der Waals surface area (Å²) in [6, 6.07) is 0. The number of unbranched alkanes of at least 4 members (excludes halogenated alkanes) is 2. The van der Waals surface area contributed by atoms with Crippen LogP contribution in [-0.2, 0) is 11.3 Å². The monoisotopic (exact) mass is 257 g/mol. The molecular weight excluding hydrogens is 234 g/mol. The van der Waals surface area contributed by atoms with E-state index >= 15 is 0 Å². The van der Waals surface area contributed by atoms with E-state index in [2.05, 4.69) is 10.4 Å². The number of hydrogen-bond donors (Lipinski definition) is 3. The van der Waals surface area contributed by atoms with Crippen molar-refractivity contribution < 1.29 is 14.9 Å². The quantitative estimate of drug-likeness (QED) is 0.502. The van der Waals surface area contributed by atoms with Crippen LogP contribution in [0.25, 0.3) is 0 Å². The lowest BCUT2D eigenvalue weighted by Gasteiger charge is -2.03. The number of nitrogens with zero attached hydrogens (tertiary/aromatic N) is 2. The van der Waals surface area contributed by atoms with Crippen LogP contribution in [0.4, 0.5) is 5.69 Å². The molecule has 0 atom stereocenters. The number of aliphatic hydroxyl groups excluding tert-OH is 2. The van der Waals surface area contributed by atoms with Gasteiger partial charge < -0.3 is 20.3 Å².